The molecule has 1 aromatic heterocycles. The fourth-order valence-corrected chi connectivity index (χ4v) is 2.45. The zero-order valence-corrected chi connectivity index (χ0v) is 10.5. The van der Waals surface area contributed by atoms with Crippen LogP contribution in [0.25, 0.3) is 0 Å². The monoisotopic (exact) mass is 276 g/mol. The van der Waals surface area contributed by atoms with Crippen molar-refractivity contribution in [1.29, 1.82) is 0 Å². The predicted octanol–water partition coefficient (Wildman–Crippen LogP) is 3.32. The minimum Gasteiger partial charge on any atom is -0.483 e. The Hall–Kier alpha value is -2.14. The summed E-state index contributed by atoms with van der Waals surface area (Å²) in [6.07, 6.45) is 1.94. The smallest absolute Gasteiger partial charge is 0.288 e. The second-order valence-electron chi connectivity index (χ2n) is 4.20. The van der Waals surface area contributed by atoms with E-state index in [1.54, 1.807) is 12.3 Å². The molecule has 0 fully saturated rings. The van der Waals surface area contributed by atoms with Crippen LogP contribution in [-0.2, 0) is 6.42 Å². The Morgan fingerprint density at radius 3 is 2.89 bits per heavy atom. The van der Waals surface area contributed by atoms with Crippen LogP contribution in [0.3, 0.4) is 0 Å². The molecule has 3 rings (SSSR count). The maximum atomic E-state index is 10.8. The van der Waals surface area contributed by atoms with E-state index < -0.39 is 4.92 Å². The molecule has 1 aliphatic heterocycles. The van der Waals surface area contributed by atoms with E-state index in [0.717, 1.165) is 5.69 Å². The zero-order chi connectivity index (χ0) is 13.4. The molecule has 2 heterocycles. The summed E-state index contributed by atoms with van der Waals surface area (Å²) in [6, 6.07) is 8.51. The molecule has 0 amide bonds. The van der Waals surface area contributed by atoms with Crippen LogP contribution in [0.15, 0.2) is 36.5 Å². The summed E-state index contributed by atoms with van der Waals surface area (Å²) < 4.78 is 5.74. The molecule has 0 saturated carbocycles. The lowest BCUT2D eigenvalue weighted by Gasteiger charge is -2.08. The minimum absolute atomic E-state index is 0.0920. The first-order valence-corrected chi connectivity index (χ1v) is 6.08. The second kappa shape index (κ2) is 4.51. The summed E-state index contributed by atoms with van der Waals surface area (Å²) in [4.78, 5) is 14.6. The van der Waals surface area contributed by atoms with E-state index in [2.05, 4.69) is 4.98 Å². The lowest BCUT2D eigenvalue weighted by Crippen LogP contribution is -2.04. The van der Waals surface area contributed by atoms with E-state index in [1.807, 2.05) is 18.2 Å². The van der Waals surface area contributed by atoms with Crippen molar-refractivity contribution in [3.05, 3.63) is 62.9 Å². The first-order valence-electron chi connectivity index (χ1n) is 5.70. The zero-order valence-electron chi connectivity index (χ0n) is 9.75. The summed E-state index contributed by atoms with van der Waals surface area (Å²) >= 11 is 6.06. The van der Waals surface area contributed by atoms with Crippen LogP contribution < -0.4 is 4.74 Å². The van der Waals surface area contributed by atoms with Gasteiger partial charge in [-0.25, -0.2) is 0 Å². The van der Waals surface area contributed by atoms with E-state index in [-0.39, 0.29) is 16.8 Å². The molecule has 2 aromatic rings. The highest BCUT2D eigenvalue weighted by Gasteiger charge is 2.30. The van der Waals surface area contributed by atoms with E-state index in [0.29, 0.717) is 17.7 Å². The Kier molecular flexibility index (Phi) is 2.83. The minimum atomic E-state index is -0.489. The van der Waals surface area contributed by atoms with Crippen molar-refractivity contribution in [3.8, 4) is 5.75 Å². The number of halogens is 1. The first-order chi connectivity index (χ1) is 9.16. The lowest BCUT2D eigenvalue weighted by atomic mass is 10.1. The van der Waals surface area contributed by atoms with Crippen molar-refractivity contribution in [3.63, 3.8) is 0 Å². The maximum Gasteiger partial charge on any atom is 0.288 e. The van der Waals surface area contributed by atoms with Crippen LogP contribution in [0.4, 0.5) is 5.69 Å². The van der Waals surface area contributed by atoms with E-state index in [9.17, 15) is 10.1 Å². The normalized spacial score (nSPS) is 16.8. The molecule has 1 aromatic carbocycles. The molecule has 1 atom stereocenters. The average molecular weight is 277 g/mol. The molecule has 0 bridgehead atoms. The van der Waals surface area contributed by atoms with Crippen LogP contribution in [0.1, 0.15) is 17.4 Å². The average Bonchev–Trinajstić information content (AvgIpc) is 2.85. The third kappa shape index (κ3) is 2.02. The van der Waals surface area contributed by atoms with Crippen molar-refractivity contribution in [1.82, 2.24) is 4.98 Å². The van der Waals surface area contributed by atoms with Gasteiger partial charge >= 0.3 is 0 Å². The molecule has 0 saturated heterocycles. The Morgan fingerprint density at radius 2 is 2.21 bits per heavy atom. The number of hydrogen-bond donors (Lipinski definition) is 0. The fourth-order valence-electron chi connectivity index (χ4n) is 2.14. The summed E-state index contributed by atoms with van der Waals surface area (Å²) in [6.45, 7) is 0. The number of hydrogen-bond acceptors (Lipinski definition) is 4. The number of rotatable bonds is 2. The number of nitro groups is 1. The van der Waals surface area contributed by atoms with Gasteiger partial charge < -0.3 is 4.74 Å². The first kappa shape index (κ1) is 11.9. The number of aromatic nitrogens is 1. The van der Waals surface area contributed by atoms with Gasteiger partial charge in [0.05, 0.1) is 10.6 Å². The second-order valence-corrected chi connectivity index (χ2v) is 4.58. The quantitative estimate of drug-likeness (QED) is 0.623. The fraction of sp³-hybridized carbons (Fsp3) is 0.154. The summed E-state index contributed by atoms with van der Waals surface area (Å²) in [5, 5.41) is 11.0. The molecule has 6 heteroatoms. The van der Waals surface area contributed by atoms with Gasteiger partial charge in [-0.3, -0.25) is 15.1 Å². The van der Waals surface area contributed by atoms with Crippen LogP contribution >= 0.6 is 11.6 Å². The summed E-state index contributed by atoms with van der Waals surface area (Å²) in [5.41, 5.74) is 1.37. The molecule has 0 radical (unpaired) electrons. The number of nitrogens with zero attached hydrogens (tertiary/aromatic N) is 2. The Morgan fingerprint density at radius 1 is 1.37 bits per heavy atom. The molecule has 0 aliphatic carbocycles. The van der Waals surface area contributed by atoms with Crippen LogP contribution in [0, 0.1) is 10.1 Å². The van der Waals surface area contributed by atoms with Crippen LogP contribution in [0.2, 0.25) is 5.02 Å². The van der Waals surface area contributed by atoms with Gasteiger partial charge in [-0.05, 0) is 18.2 Å². The molecule has 0 N–H and O–H groups in total. The van der Waals surface area contributed by atoms with Gasteiger partial charge in [0.25, 0.3) is 5.69 Å². The highest BCUT2D eigenvalue weighted by Crippen LogP contribution is 2.43. The van der Waals surface area contributed by atoms with Crippen molar-refractivity contribution in [2.24, 2.45) is 0 Å². The van der Waals surface area contributed by atoms with Crippen molar-refractivity contribution < 1.29 is 9.66 Å². The van der Waals surface area contributed by atoms with Crippen LogP contribution in [-0.4, -0.2) is 9.91 Å². The Balaban J connectivity index is 1.97. The molecule has 5 nitrogen and oxygen atoms in total. The number of nitro benzene ring substituents is 1. The summed E-state index contributed by atoms with van der Waals surface area (Å²) in [7, 11) is 0. The van der Waals surface area contributed by atoms with Crippen molar-refractivity contribution in [2.45, 2.75) is 12.5 Å². The molecular formula is C13H9ClN2O3. The molecule has 1 unspecified atom stereocenters. The van der Waals surface area contributed by atoms with E-state index in [4.69, 9.17) is 16.3 Å². The molecule has 0 spiro atoms. The molecular weight excluding hydrogens is 268 g/mol. The molecule has 96 valence electrons. The molecule has 19 heavy (non-hydrogen) atoms. The number of benzene rings is 1. The highest BCUT2D eigenvalue weighted by molar-refractivity contribution is 6.33. The van der Waals surface area contributed by atoms with Gasteiger partial charge in [0.2, 0.25) is 0 Å². The topological polar surface area (TPSA) is 65.3 Å². The number of fused-ring (bicyclic) bond motifs is 1. The van der Waals surface area contributed by atoms with Gasteiger partial charge in [0, 0.05) is 24.2 Å². The van der Waals surface area contributed by atoms with Crippen molar-refractivity contribution in [2.75, 3.05) is 0 Å². The largest absolute Gasteiger partial charge is 0.483 e. The lowest BCUT2D eigenvalue weighted by molar-refractivity contribution is -0.384. The maximum absolute atomic E-state index is 10.8. The van der Waals surface area contributed by atoms with Gasteiger partial charge in [0.1, 0.15) is 16.9 Å². The number of ether oxygens (including phenoxy) is 1. The third-order valence-electron chi connectivity index (χ3n) is 3.05. The van der Waals surface area contributed by atoms with Gasteiger partial charge in [0.15, 0.2) is 0 Å². The SMILES string of the molecule is O=[N+]([O-])c1ccc2c(c1Cl)CC(c1ccccn1)O2. The van der Waals surface area contributed by atoms with Gasteiger partial charge in [-0.2, -0.15) is 0 Å². The highest BCUT2D eigenvalue weighted by atomic mass is 35.5. The summed E-state index contributed by atoms with van der Waals surface area (Å²) in [5.74, 6) is 0.589. The predicted molar refractivity (Wildman–Crippen MR) is 69.4 cm³/mol. The third-order valence-corrected chi connectivity index (χ3v) is 3.47. The standard InChI is InChI=1S/C13H9ClN2O3/c14-13-8-7-12(9-3-1-2-6-15-9)19-11(8)5-4-10(13)16(17)18/h1-6,12H,7H2. The van der Waals surface area contributed by atoms with Gasteiger partial charge in [-0.1, -0.05) is 17.7 Å². The number of pyridine rings is 1. The van der Waals surface area contributed by atoms with Crippen molar-refractivity contribution >= 4 is 17.3 Å². The van der Waals surface area contributed by atoms with Gasteiger partial charge in [-0.15, -0.1) is 0 Å². The Labute approximate surface area is 114 Å². The molecule has 1 aliphatic rings. The Bertz CT molecular complexity index is 646. The van der Waals surface area contributed by atoms with E-state index >= 15 is 0 Å². The van der Waals surface area contributed by atoms with Crippen LogP contribution in [0.5, 0.6) is 5.75 Å². The van der Waals surface area contributed by atoms with E-state index in [1.165, 1.54) is 6.07 Å².